The summed E-state index contributed by atoms with van der Waals surface area (Å²) in [7, 11) is 0. The van der Waals surface area contributed by atoms with Crippen LogP contribution in [0.5, 0.6) is 0 Å². The van der Waals surface area contributed by atoms with Crippen LogP contribution in [0.1, 0.15) is 84.5 Å². The molecule has 14 nitrogen and oxygen atoms in total. The molecule has 4 saturated heterocycles. The first-order valence-electron chi connectivity index (χ1n) is 20.0. The van der Waals surface area contributed by atoms with Crippen molar-refractivity contribution in [3.05, 3.63) is 71.9 Å². The Kier molecular flexibility index (Phi) is 13.3. The molecular formula is C43H54N2O12. The maximum atomic E-state index is 12.3. The van der Waals surface area contributed by atoms with Crippen LogP contribution >= 0.6 is 0 Å². The van der Waals surface area contributed by atoms with Crippen LogP contribution in [0.3, 0.4) is 0 Å². The largest absolute Gasteiger partial charge is 0.458 e. The van der Waals surface area contributed by atoms with Gasteiger partial charge < -0.3 is 39.1 Å². The van der Waals surface area contributed by atoms with Crippen LogP contribution in [0.2, 0.25) is 0 Å². The van der Waals surface area contributed by atoms with Crippen LogP contribution in [0.25, 0.3) is 0 Å². The fourth-order valence-corrected chi connectivity index (χ4v) is 8.18. The summed E-state index contributed by atoms with van der Waals surface area (Å²) in [6, 6.07) is 0. The van der Waals surface area contributed by atoms with E-state index in [0.29, 0.717) is 62.8 Å². The Morgan fingerprint density at radius 3 is 1.54 bits per heavy atom. The quantitative estimate of drug-likeness (QED) is 0.0642. The van der Waals surface area contributed by atoms with E-state index in [-0.39, 0.29) is 72.6 Å². The van der Waals surface area contributed by atoms with Crippen LogP contribution in [0.15, 0.2) is 71.9 Å². The van der Waals surface area contributed by atoms with Crippen molar-refractivity contribution in [1.29, 1.82) is 0 Å². The number of ether oxygens (including phenoxy) is 6. The van der Waals surface area contributed by atoms with Gasteiger partial charge in [-0.2, -0.15) is 0 Å². The highest BCUT2D eigenvalue weighted by atomic mass is 16.7. The zero-order valence-corrected chi connectivity index (χ0v) is 32.8. The van der Waals surface area contributed by atoms with E-state index < -0.39 is 23.8 Å². The lowest BCUT2D eigenvalue weighted by atomic mass is 9.84. The van der Waals surface area contributed by atoms with E-state index in [4.69, 9.17) is 28.4 Å². The fourth-order valence-electron chi connectivity index (χ4n) is 8.18. The normalized spacial score (nSPS) is 33.9. The number of allylic oxidation sites excluding steroid dienone is 2. The number of fused-ring (bicyclic) bond motifs is 6. The van der Waals surface area contributed by atoms with Gasteiger partial charge in [-0.1, -0.05) is 25.3 Å². The van der Waals surface area contributed by atoms with Gasteiger partial charge in [0, 0.05) is 60.4 Å². The molecule has 0 radical (unpaired) electrons. The van der Waals surface area contributed by atoms with Crippen molar-refractivity contribution in [2.24, 2.45) is 11.8 Å². The van der Waals surface area contributed by atoms with Gasteiger partial charge in [-0.25, -0.2) is 19.2 Å². The number of epoxide rings is 2. The smallest absolute Gasteiger partial charge is 0.334 e. The Bertz CT molecular complexity index is 1650. The average Bonchev–Trinajstić information content (AvgIpc) is 3.99. The summed E-state index contributed by atoms with van der Waals surface area (Å²) < 4.78 is 33.8. The van der Waals surface area contributed by atoms with Gasteiger partial charge in [0.2, 0.25) is 11.8 Å². The Balaban J connectivity index is 0.802. The maximum absolute atomic E-state index is 12.3. The fraction of sp³-hybridized carbons (Fsp3) is 0.581. The number of unbranched alkanes of at least 4 members (excludes halogenated alkanes) is 2. The highest BCUT2D eigenvalue weighted by Gasteiger charge is 2.62. The Labute approximate surface area is 333 Å². The van der Waals surface area contributed by atoms with Crippen molar-refractivity contribution < 1.29 is 57.2 Å². The van der Waals surface area contributed by atoms with Crippen molar-refractivity contribution in [2.45, 2.75) is 120 Å². The minimum Gasteiger partial charge on any atom is -0.458 e. The molecule has 0 unspecified atom stereocenters. The number of nitrogens with one attached hydrogen (secondary N) is 2. The second-order valence-electron chi connectivity index (χ2n) is 16.1. The summed E-state index contributed by atoms with van der Waals surface area (Å²) in [6.45, 7) is 12.8. The molecule has 0 aromatic carbocycles. The molecule has 0 aromatic heterocycles. The van der Waals surface area contributed by atoms with Crippen molar-refractivity contribution in [1.82, 2.24) is 10.6 Å². The summed E-state index contributed by atoms with van der Waals surface area (Å²) in [5, 5.41) is 5.45. The molecule has 2 N–H and O–H groups in total. The van der Waals surface area contributed by atoms with Crippen LogP contribution in [0, 0.1) is 11.8 Å². The SMILES string of the molecule is C=C1C(=O)O[C@H]2[C@H]1CC/C(COC(=O)/C=C/C(=O)NCCCCCNC(=O)/C=C/C(=O)OC/C1=C/CC[C@@]3(C)O[C@H]3[C@H]3OC(=O)C(=C)[C@@H]3CC1)=C\CC[C@@]1(C)O[C@@H]21. The number of amides is 2. The topological polar surface area (TPSA) is 188 Å². The molecular weight excluding hydrogens is 736 g/mol. The summed E-state index contributed by atoms with van der Waals surface area (Å²) in [6.07, 6.45) is 15.2. The van der Waals surface area contributed by atoms with Gasteiger partial charge in [0.25, 0.3) is 0 Å². The summed E-state index contributed by atoms with van der Waals surface area (Å²) in [5.74, 6) is -3.17. The molecule has 4 fully saturated rings. The van der Waals surface area contributed by atoms with Crippen LogP contribution < -0.4 is 10.6 Å². The molecule has 2 amide bonds. The van der Waals surface area contributed by atoms with Gasteiger partial charge >= 0.3 is 23.9 Å². The van der Waals surface area contributed by atoms with Gasteiger partial charge in [0.15, 0.2) is 0 Å². The number of hydrogen-bond acceptors (Lipinski definition) is 12. The third-order valence-corrected chi connectivity index (χ3v) is 11.9. The summed E-state index contributed by atoms with van der Waals surface area (Å²) >= 11 is 0. The zero-order chi connectivity index (χ0) is 40.7. The van der Waals surface area contributed by atoms with E-state index in [1.165, 1.54) is 0 Å². The second kappa shape index (κ2) is 18.2. The standard InChI is InChI=1S/C43H54N2O12/c1-26-30-14-12-28(10-8-20-42(3)38(56-42)36(30)54-40(26)50)24-52-34(48)18-16-32(46)44-22-6-5-7-23-45-33(47)17-19-35(49)53-25-29-11-9-21-43(4)39(57-43)37-31(15-13-29)27(2)41(51)55-37/h10-11,16-19,30-31,36-39H,1-2,5-9,12-15,20-25H2,3-4H3,(H,44,46)(H,45,47)/b18-16+,19-17+,28-10+,29-11+/t30-,31-,36-,37-,38-,39-,42+,43+/m0/s1. The Hall–Kier alpha value is -4.82. The third-order valence-electron chi connectivity index (χ3n) is 11.9. The van der Waals surface area contributed by atoms with Gasteiger partial charge in [-0.05, 0) is 95.6 Å². The van der Waals surface area contributed by atoms with E-state index in [2.05, 4.69) is 35.9 Å². The molecule has 14 heteroatoms. The van der Waals surface area contributed by atoms with Gasteiger partial charge in [0.05, 0.1) is 11.2 Å². The number of hydrogen-bond donors (Lipinski definition) is 2. The average molecular weight is 791 g/mol. The second-order valence-corrected chi connectivity index (χ2v) is 16.1. The first-order valence-corrected chi connectivity index (χ1v) is 20.0. The minimum absolute atomic E-state index is 0.0796. The van der Waals surface area contributed by atoms with Crippen LogP contribution in [-0.2, 0) is 57.2 Å². The first kappa shape index (κ1) is 41.8. The van der Waals surface area contributed by atoms with Crippen LogP contribution in [-0.4, -0.2) is 97.6 Å². The lowest BCUT2D eigenvalue weighted by molar-refractivity contribution is -0.140. The van der Waals surface area contributed by atoms with E-state index in [0.717, 1.165) is 67.6 Å². The zero-order valence-electron chi connectivity index (χ0n) is 32.8. The number of carbonyl (C=O) groups is 6. The van der Waals surface area contributed by atoms with E-state index in [1.54, 1.807) is 0 Å². The monoisotopic (exact) mass is 790 g/mol. The predicted molar refractivity (Wildman–Crippen MR) is 205 cm³/mol. The summed E-state index contributed by atoms with van der Waals surface area (Å²) in [4.78, 5) is 73.5. The van der Waals surface area contributed by atoms with Crippen molar-refractivity contribution >= 4 is 35.7 Å². The van der Waals surface area contributed by atoms with E-state index >= 15 is 0 Å². The predicted octanol–water partition coefficient (Wildman–Crippen LogP) is 4.10. The molecule has 6 aliphatic rings. The molecule has 308 valence electrons. The van der Waals surface area contributed by atoms with Crippen molar-refractivity contribution in [3.8, 4) is 0 Å². The number of esters is 4. The molecule has 4 heterocycles. The minimum atomic E-state index is -0.635. The Morgan fingerprint density at radius 1 is 0.702 bits per heavy atom. The molecule has 2 aliphatic carbocycles. The lowest BCUT2D eigenvalue weighted by Crippen LogP contribution is -2.29. The highest BCUT2D eigenvalue weighted by Crippen LogP contribution is 2.51. The first-order chi connectivity index (χ1) is 27.3. The molecule has 6 rings (SSSR count). The molecule has 8 atom stereocenters. The van der Waals surface area contributed by atoms with Gasteiger partial charge in [0.1, 0.15) is 37.6 Å². The van der Waals surface area contributed by atoms with Gasteiger partial charge in [-0.3, -0.25) is 9.59 Å². The summed E-state index contributed by atoms with van der Waals surface area (Å²) in [5.41, 5.74) is 2.07. The molecule has 0 bridgehead atoms. The Morgan fingerprint density at radius 2 is 1.12 bits per heavy atom. The van der Waals surface area contributed by atoms with Gasteiger partial charge in [-0.15, -0.1) is 0 Å². The highest BCUT2D eigenvalue weighted by molar-refractivity contribution is 5.95. The lowest BCUT2D eigenvalue weighted by Gasteiger charge is -2.20. The third kappa shape index (κ3) is 10.8. The van der Waals surface area contributed by atoms with Crippen molar-refractivity contribution in [2.75, 3.05) is 26.3 Å². The van der Waals surface area contributed by atoms with Crippen molar-refractivity contribution in [3.63, 3.8) is 0 Å². The molecule has 0 saturated carbocycles. The molecule has 57 heavy (non-hydrogen) atoms. The van der Waals surface area contributed by atoms with E-state index in [9.17, 15) is 28.8 Å². The molecule has 0 aromatic rings. The molecule has 4 aliphatic heterocycles. The van der Waals surface area contributed by atoms with E-state index in [1.807, 2.05) is 13.8 Å². The maximum Gasteiger partial charge on any atom is 0.334 e. The number of carbonyl (C=O) groups excluding carboxylic acids is 6. The van der Waals surface area contributed by atoms with Crippen LogP contribution in [0.4, 0.5) is 0 Å². The molecule has 0 spiro atoms. The number of rotatable bonds is 14.